The Morgan fingerprint density at radius 1 is 1.13 bits per heavy atom. The van der Waals surface area contributed by atoms with Gasteiger partial charge in [-0.15, -0.1) is 0 Å². The summed E-state index contributed by atoms with van der Waals surface area (Å²) in [5.74, 6) is 0.225. The predicted molar refractivity (Wildman–Crippen MR) is 88.4 cm³/mol. The zero-order valence-corrected chi connectivity index (χ0v) is 12.9. The van der Waals surface area contributed by atoms with E-state index < -0.39 is 11.5 Å². The van der Waals surface area contributed by atoms with E-state index in [1.54, 1.807) is 49.6 Å². The Bertz CT molecular complexity index is 931. The zero-order chi connectivity index (χ0) is 16.4. The molecule has 3 rings (SSSR count). The molecule has 1 N–H and O–H groups in total. The zero-order valence-electron chi connectivity index (χ0n) is 12.1. The monoisotopic (exact) mass is 329 g/mol. The number of halogens is 1. The molecule has 116 valence electrons. The first-order valence-electron chi connectivity index (χ1n) is 6.75. The summed E-state index contributed by atoms with van der Waals surface area (Å²) >= 11 is 5.92. The molecular formula is C17H12ClNO4. The number of nitrogens with one attached hydrogen (secondary N) is 1. The standard InChI is InChI=1S/C17H12ClNO4/c1-22-13-5-2-10(3-6-13)16(20)19-14-9-11-8-12(18)4-7-15(11)23-17(14)21/h2-9H,1H3,(H,19,20). The van der Waals surface area contributed by atoms with Gasteiger partial charge in [0.15, 0.2) is 0 Å². The molecule has 1 heterocycles. The first kappa shape index (κ1) is 15.1. The SMILES string of the molecule is COc1ccc(C(=O)Nc2cc3cc(Cl)ccc3oc2=O)cc1. The van der Waals surface area contributed by atoms with Crippen LogP contribution in [0.5, 0.6) is 5.75 Å². The highest BCUT2D eigenvalue weighted by molar-refractivity contribution is 6.31. The summed E-state index contributed by atoms with van der Waals surface area (Å²) in [7, 11) is 1.54. The van der Waals surface area contributed by atoms with Gasteiger partial charge in [-0.25, -0.2) is 4.79 Å². The van der Waals surface area contributed by atoms with E-state index in [2.05, 4.69) is 5.32 Å². The molecule has 0 unspecified atom stereocenters. The van der Waals surface area contributed by atoms with Crippen molar-refractivity contribution in [3.63, 3.8) is 0 Å². The van der Waals surface area contributed by atoms with Crippen LogP contribution >= 0.6 is 11.6 Å². The largest absolute Gasteiger partial charge is 0.497 e. The van der Waals surface area contributed by atoms with Gasteiger partial charge in [-0.2, -0.15) is 0 Å². The van der Waals surface area contributed by atoms with Gasteiger partial charge in [0.25, 0.3) is 5.91 Å². The van der Waals surface area contributed by atoms with Crippen LogP contribution in [-0.4, -0.2) is 13.0 Å². The molecule has 0 spiro atoms. The van der Waals surface area contributed by atoms with Crippen molar-refractivity contribution in [1.82, 2.24) is 0 Å². The van der Waals surface area contributed by atoms with Gasteiger partial charge in [0.05, 0.1) is 7.11 Å². The number of hydrogen-bond donors (Lipinski definition) is 1. The van der Waals surface area contributed by atoms with E-state index in [1.165, 1.54) is 6.07 Å². The fourth-order valence-electron chi connectivity index (χ4n) is 2.12. The highest BCUT2D eigenvalue weighted by atomic mass is 35.5. The van der Waals surface area contributed by atoms with Crippen LogP contribution in [0.4, 0.5) is 5.69 Å². The lowest BCUT2D eigenvalue weighted by Gasteiger charge is -2.06. The van der Waals surface area contributed by atoms with Crippen molar-refractivity contribution in [2.24, 2.45) is 0 Å². The number of fused-ring (bicyclic) bond motifs is 1. The summed E-state index contributed by atoms with van der Waals surface area (Å²) in [5.41, 5.74) is 0.237. The molecule has 0 aliphatic carbocycles. The maximum Gasteiger partial charge on any atom is 0.360 e. The second kappa shape index (κ2) is 6.14. The Labute approximate surface area is 136 Å². The molecule has 5 nitrogen and oxygen atoms in total. The molecule has 3 aromatic rings. The Morgan fingerprint density at radius 2 is 1.87 bits per heavy atom. The fraction of sp³-hybridized carbons (Fsp3) is 0.0588. The molecule has 2 aromatic carbocycles. The van der Waals surface area contributed by atoms with E-state index in [-0.39, 0.29) is 5.69 Å². The molecule has 0 atom stereocenters. The maximum absolute atomic E-state index is 12.2. The van der Waals surface area contributed by atoms with Gasteiger partial charge in [-0.3, -0.25) is 4.79 Å². The molecule has 1 aromatic heterocycles. The minimum absolute atomic E-state index is 0.0561. The first-order valence-corrected chi connectivity index (χ1v) is 7.13. The summed E-state index contributed by atoms with van der Waals surface area (Å²) in [4.78, 5) is 24.2. The van der Waals surface area contributed by atoms with E-state index in [9.17, 15) is 9.59 Å². The van der Waals surface area contributed by atoms with Crippen LogP contribution in [0.3, 0.4) is 0 Å². The van der Waals surface area contributed by atoms with Crippen LogP contribution in [0, 0.1) is 0 Å². The summed E-state index contributed by atoms with van der Waals surface area (Å²) in [6, 6.07) is 13.0. The van der Waals surface area contributed by atoms with E-state index in [4.69, 9.17) is 20.8 Å². The second-order valence-corrected chi connectivity index (χ2v) is 5.25. The lowest BCUT2D eigenvalue weighted by Crippen LogP contribution is -2.17. The number of rotatable bonds is 3. The molecule has 0 aliphatic rings. The predicted octanol–water partition coefficient (Wildman–Crippen LogP) is 3.71. The van der Waals surface area contributed by atoms with E-state index in [1.807, 2.05) is 0 Å². The topological polar surface area (TPSA) is 68.5 Å². The summed E-state index contributed by atoms with van der Waals surface area (Å²) in [6.45, 7) is 0. The van der Waals surface area contributed by atoms with Crippen LogP contribution in [0.15, 0.2) is 57.7 Å². The Kier molecular flexibility index (Phi) is 4.04. The Balaban J connectivity index is 1.92. The van der Waals surface area contributed by atoms with Crippen molar-refractivity contribution in [2.75, 3.05) is 12.4 Å². The van der Waals surface area contributed by atoms with E-state index in [0.29, 0.717) is 27.3 Å². The van der Waals surface area contributed by atoms with Gasteiger partial charge < -0.3 is 14.5 Å². The minimum Gasteiger partial charge on any atom is -0.497 e. The van der Waals surface area contributed by atoms with Gasteiger partial charge in [0.1, 0.15) is 17.0 Å². The number of carbonyl (C=O) groups excluding carboxylic acids is 1. The molecular weight excluding hydrogens is 318 g/mol. The van der Waals surface area contributed by atoms with Crippen molar-refractivity contribution in [3.05, 3.63) is 69.5 Å². The van der Waals surface area contributed by atoms with Gasteiger partial charge in [0.2, 0.25) is 0 Å². The van der Waals surface area contributed by atoms with Crippen LogP contribution in [0.1, 0.15) is 10.4 Å². The lowest BCUT2D eigenvalue weighted by atomic mass is 10.2. The average molecular weight is 330 g/mol. The lowest BCUT2D eigenvalue weighted by molar-refractivity contribution is 0.102. The molecule has 6 heteroatoms. The van der Waals surface area contributed by atoms with Gasteiger partial charge >= 0.3 is 5.63 Å². The maximum atomic E-state index is 12.2. The van der Waals surface area contributed by atoms with Crippen molar-refractivity contribution in [2.45, 2.75) is 0 Å². The van der Waals surface area contributed by atoms with Crippen LogP contribution in [0.2, 0.25) is 5.02 Å². The smallest absolute Gasteiger partial charge is 0.360 e. The third-order valence-corrected chi connectivity index (χ3v) is 3.53. The number of benzene rings is 2. The molecule has 0 radical (unpaired) electrons. The Hall–Kier alpha value is -2.79. The third kappa shape index (κ3) is 3.19. The third-order valence-electron chi connectivity index (χ3n) is 3.29. The molecule has 0 fully saturated rings. The highest BCUT2D eigenvalue weighted by Gasteiger charge is 2.11. The van der Waals surface area contributed by atoms with Crippen LogP contribution < -0.4 is 15.7 Å². The van der Waals surface area contributed by atoms with E-state index >= 15 is 0 Å². The van der Waals surface area contributed by atoms with Crippen molar-refractivity contribution in [3.8, 4) is 5.75 Å². The number of amides is 1. The average Bonchev–Trinajstić information content (AvgIpc) is 2.56. The number of anilines is 1. The number of methoxy groups -OCH3 is 1. The quantitative estimate of drug-likeness (QED) is 0.744. The number of ether oxygens (including phenoxy) is 1. The van der Waals surface area contributed by atoms with Crippen LogP contribution in [-0.2, 0) is 0 Å². The summed E-state index contributed by atoms with van der Waals surface area (Å²) < 4.78 is 10.2. The van der Waals surface area contributed by atoms with Crippen molar-refractivity contribution >= 4 is 34.2 Å². The second-order valence-electron chi connectivity index (χ2n) is 4.81. The van der Waals surface area contributed by atoms with Crippen LogP contribution in [0.25, 0.3) is 11.0 Å². The number of hydrogen-bond acceptors (Lipinski definition) is 4. The molecule has 23 heavy (non-hydrogen) atoms. The molecule has 0 saturated heterocycles. The summed E-state index contributed by atoms with van der Waals surface area (Å²) in [5, 5.41) is 3.69. The van der Waals surface area contributed by atoms with Gasteiger partial charge in [-0.05, 0) is 48.5 Å². The molecule has 0 aliphatic heterocycles. The first-order chi connectivity index (χ1) is 11.1. The summed E-state index contributed by atoms with van der Waals surface area (Å²) in [6.07, 6.45) is 0. The number of carbonyl (C=O) groups is 1. The molecule has 1 amide bonds. The highest BCUT2D eigenvalue weighted by Crippen LogP contribution is 2.21. The minimum atomic E-state index is -0.623. The fourth-order valence-corrected chi connectivity index (χ4v) is 2.30. The molecule has 0 bridgehead atoms. The van der Waals surface area contributed by atoms with Gasteiger partial charge in [0, 0.05) is 16.0 Å². The Morgan fingerprint density at radius 3 is 2.57 bits per heavy atom. The normalized spacial score (nSPS) is 10.5. The molecule has 0 saturated carbocycles. The van der Waals surface area contributed by atoms with Gasteiger partial charge in [-0.1, -0.05) is 11.6 Å². The van der Waals surface area contributed by atoms with Crippen molar-refractivity contribution in [1.29, 1.82) is 0 Å². The van der Waals surface area contributed by atoms with E-state index in [0.717, 1.165) is 0 Å². The van der Waals surface area contributed by atoms with Crippen molar-refractivity contribution < 1.29 is 13.9 Å².